The van der Waals surface area contributed by atoms with Gasteiger partial charge in [0.25, 0.3) is 0 Å². The van der Waals surface area contributed by atoms with Crippen molar-refractivity contribution < 1.29 is 4.79 Å². The summed E-state index contributed by atoms with van der Waals surface area (Å²) in [6, 6.07) is 7.90. The molecule has 1 amide bonds. The van der Waals surface area contributed by atoms with E-state index in [9.17, 15) is 4.79 Å². The summed E-state index contributed by atoms with van der Waals surface area (Å²) in [6.07, 6.45) is 6.28. The van der Waals surface area contributed by atoms with Crippen LogP contribution in [0.15, 0.2) is 36.8 Å². The number of fused-ring (bicyclic) bond motifs is 1. The number of carbonyl (C=O) groups excluding carboxylic acids is 1. The molecule has 2 heterocycles. The molecule has 0 saturated carbocycles. The summed E-state index contributed by atoms with van der Waals surface area (Å²) in [5.74, 6) is 0.0791. The van der Waals surface area contributed by atoms with Crippen LogP contribution in [0.5, 0.6) is 0 Å². The van der Waals surface area contributed by atoms with Crippen molar-refractivity contribution in [1.82, 2.24) is 19.3 Å². The third-order valence-electron chi connectivity index (χ3n) is 5.39. The molecule has 0 bridgehead atoms. The van der Waals surface area contributed by atoms with Crippen LogP contribution >= 0.6 is 0 Å². The molecule has 1 aliphatic carbocycles. The van der Waals surface area contributed by atoms with Crippen LogP contribution in [0, 0.1) is 19.8 Å². The third kappa shape index (κ3) is 2.92. The zero-order valence-corrected chi connectivity index (χ0v) is 15.4. The normalized spacial score (nSPS) is 16.3. The lowest BCUT2D eigenvalue weighted by Gasteiger charge is -2.22. The van der Waals surface area contributed by atoms with Crippen LogP contribution in [-0.2, 0) is 24.7 Å². The molecule has 1 unspecified atom stereocenters. The predicted octanol–water partition coefficient (Wildman–Crippen LogP) is 2.97. The highest BCUT2D eigenvalue weighted by Gasteiger charge is 2.27. The van der Waals surface area contributed by atoms with E-state index in [1.807, 2.05) is 66.9 Å². The Balaban J connectivity index is 1.45. The maximum atomic E-state index is 12.7. The molecular formula is C20H23N5O. The number of nitrogens with one attached hydrogen (secondary N) is 1. The van der Waals surface area contributed by atoms with Gasteiger partial charge in [-0.05, 0) is 56.5 Å². The van der Waals surface area contributed by atoms with Gasteiger partial charge in [0.15, 0.2) is 0 Å². The molecule has 1 aliphatic rings. The maximum absolute atomic E-state index is 12.7. The minimum absolute atomic E-state index is 0.00359. The summed E-state index contributed by atoms with van der Waals surface area (Å²) in [7, 11) is 1.94. The smallest absolute Gasteiger partial charge is 0.227 e. The third-order valence-corrected chi connectivity index (χ3v) is 5.39. The molecule has 26 heavy (non-hydrogen) atoms. The van der Waals surface area contributed by atoms with E-state index in [4.69, 9.17) is 0 Å². The zero-order chi connectivity index (χ0) is 18.3. The number of hydrogen-bond acceptors (Lipinski definition) is 3. The summed E-state index contributed by atoms with van der Waals surface area (Å²) in [6.45, 7) is 4.05. The van der Waals surface area contributed by atoms with Gasteiger partial charge in [-0.3, -0.25) is 9.48 Å². The van der Waals surface area contributed by atoms with Gasteiger partial charge in [-0.2, -0.15) is 5.10 Å². The molecule has 1 atom stereocenters. The molecule has 0 aliphatic heterocycles. The van der Waals surface area contributed by atoms with Crippen molar-refractivity contribution in [2.75, 3.05) is 5.32 Å². The highest BCUT2D eigenvalue weighted by molar-refractivity contribution is 5.93. The lowest BCUT2D eigenvalue weighted by Crippen LogP contribution is -2.28. The number of amides is 1. The Bertz CT molecular complexity index is 951. The Morgan fingerprint density at radius 2 is 2.00 bits per heavy atom. The first-order valence-electron chi connectivity index (χ1n) is 8.94. The van der Waals surface area contributed by atoms with E-state index in [-0.39, 0.29) is 11.8 Å². The van der Waals surface area contributed by atoms with Crippen LogP contribution in [0.2, 0.25) is 0 Å². The number of anilines is 1. The summed E-state index contributed by atoms with van der Waals surface area (Å²) in [5, 5.41) is 7.36. The molecule has 0 saturated heterocycles. The van der Waals surface area contributed by atoms with Crippen LogP contribution in [-0.4, -0.2) is 25.2 Å². The summed E-state index contributed by atoms with van der Waals surface area (Å²) in [5.41, 5.74) is 6.46. The van der Waals surface area contributed by atoms with Gasteiger partial charge in [-0.1, -0.05) is 0 Å². The first-order valence-corrected chi connectivity index (χ1v) is 8.94. The van der Waals surface area contributed by atoms with Crippen molar-refractivity contribution in [3.63, 3.8) is 0 Å². The van der Waals surface area contributed by atoms with Crippen LogP contribution in [0.4, 0.5) is 5.69 Å². The van der Waals surface area contributed by atoms with E-state index in [0.717, 1.165) is 42.0 Å². The molecule has 6 heteroatoms. The Labute approximate surface area is 152 Å². The first kappa shape index (κ1) is 16.6. The van der Waals surface area contributed by atoms with Gasteiger partial charge in [0.1, 0.15) is 0 Å². The number of aryl methyl sites for hydroxylation is 3. The van der Waals surface area contributed by atoms with Gasteiger partial charge in [0.05, 0.1) is 18.2 Å². The molecule has 0 radical (unpaired) electrons. The highest BCUT2D eigenvalue weighted by Crippen LogP contribution is 2.26. The Morgan fingerprint density at radius 3 is 2.69 bits per heavy atom. The van der Waals surface area contributed by atoms with E-state index < -0.39 is 0 Å². The molecular weight excluding hydrogens is 326 g/mol. The SMILES string of the molecule is Cc1ncn(-c2ccc(NC(=O)C3CCc4cnn(C)c4C3)cc2)c1C. The van der Waals surface area contributed by atoms with E-state index >= 15 is 0 Å². The van der Waals surface area contributed by atoms with Crippen LogP contribution in [0.25, 0.3) is 5.69 Å². The molecule has 134 valence electrons. The van der Waals surface area contributed by atoms with Crippen molar-refractivity contribution in [2.24, 2.45) is 13.0 Å². The monoisotopic (exact) mass is 349 g/mol. The average Bonchev–Trinajstić information content (AvgIpc) is 3.18. The number of benzene rings is 1. The number of rotatable bonds is 3. The quantitative estimate of drug-likeness (QED) is 0.791. The number of carbonyl (C=O) groups is 1. The summed E-state index contributed by atoms with van der Waals surface area (Å²) < 4.78 is 3.94. The number of hydrogen-bond donors (Lipinski definition) is 1. The molecule has 6 nitrogen and oxygen atoms in total. The molecule has 1 aromatic carbocycles. The van der Waals surface area contributed by atoms with Gasteiger partial charge < -0.3 is 9.88 Å². The van der Waals surface area contributed by atoms with E-state index in [2.05, 4.69) is 15.4 Å². The largest absolute Gasteiger partial charge is 0.326 e. The zero-order valence-electron chi connectivity index (χ0n) is 15.4. The van der Waals surface area contributed by atoms with E-state index in [0.29, 0.717) is 0 Å². The van der Waals surface area contributed by atoms with Gasteiger partial charge in [0, 0.05) is 42.1 Å². The summed E-state index contributed by atoms with van der Waals surface area (Å²) >= 11 is 0. The second kappa shape index (κ2) is 6.44. The predicted molar refractivity (Wildman–Crippen MR) is 100 cm³/mol. The fourth-order valence-corrected chi connectivity index (χ4v) is 3.58. The Kier molecular flexibility index (Phi) is 4.11. The number of imidazole rings is 1. The fourth-order valence-electron chi connectivity index (χ4n) is 3.58. The molecule has 0 spiro atoms. The van der Waals surface area contributed by atoms with E-state index in [1.165, 1.54) is 11.3 Å². The maximum Gasteiger partial charge on any atom is 0.227 e. The Hall–Kier alpha value is -2.89. The topological polar surface area (TPSA) is 64.7 Å². The first-order chi connectivity index (χ1) is 12.5. The second-order valence-electron chi connectivity index (χ2n) is 7.00. The average molecular weight is 349 g/mol. The lowest BCUT2D eigenvalue weighted by molar-refractivity contribution is -0.120. The van der Waals surface area contributed by atoms with Crippen molar-refractivity contribution in [3.05, 3.63) is 59.4 Å². The van der Waals surface area contributed by atoms with Crippen molar-refractivity contribution in [2.45, 2.75) is 33.1 Å². The number of nitrogens with zero attached hydrogens (tertiary/aromatic N) is 4. The molecule has 3 aromatic rings. The second-order valence-corrected chi connectivity index (χ2v) is 7.00. The number of aromatic nitrogens is 4. The van der Waals surface area contributed by atoms with Gasteiger partial charge in [0.2, 0.25) is 5.91 Å². The van der Waals surface area contributed by atoms with Crippen LogP contribution in [0.1, 0.15) is 29.1 Å². The minimum Gasteiger partial charge on any atom is -0.326 e. The lowest BCUT2D eigenvalue weighted by atomic mass is 9.87. The minimum atomic E-state index is -0.00359. The fraction of sp³-hybridized carbons (Fsp3) is 0.350. The highest BCUT2D eigenvalue weighted by atomic mass is 16.1. The van der Waals surface area contributed by atoms with Crippen LogP contribution < -0.4 is 5.32 Å². The molecule has 1 N–H and O–H groups in total. The van der Waals surface area contributed by atoms with Crippen molar-refractivity contribution in [1.29, 1.82) is 0 Å². The molecule has 2 aromatic heterocycles. The van der Waals surface area contributed by atoms with Gasteiger partial charge in [-0.25, -0.2) is 4.98 Å². The van der Waals surface area contributed by atoms with Gasteiger partial charge >= 0.3 is 0 Å². The van der Waals surface area contributed by atoms with Gasteiger partial charge in [-0.15, -0.1) is 0 Å². The summed E-state index contributed by atoms with van der Waals surface area (Å²) in [4.78, 5) is 17.0. The standard InChI is InChI=1S/C20H23N5O/c1-13-14(2)25(12-21-13)18-8-6-17(7-9-18)23-20(26)15-4-5-16-11-22-24(3)19(16)10-15/h6-9,11-12,15H,4-5,10H2,1-3H3,(H,23,26). The Morgan fingerprint density at radius 1 is 1.23 bits per heavy atom. The van der Waals surface area contributed by atoms with Crippen molar-refractivity contribution >= 4 is 11.6 Å². The molecule has 0 fully saturated rings. The van der Waals surface area contributed by atoms with E-state index in [1.54, 1.807) is 0 Å². The van der Waals surface area contributed by atoms with Crippen molar-refractivity contribution in [3.8, 4) is 5.69 Å². The van der Waals surface area contributed by atoms with Crippen LogP contribution in [0.3, 0.4) is 0 Å². The molecule has 4 rings (SSSR count).